The van der Waals surface area contributed by atoms with Gasteiger partial charge >= 0.3 is 0 Å². The first-order valence-electron chi connectivity index (χ1n) is 13.8. The van der Waals surface area contributed by atoms with Crippen LogP contribution >= 0.6 is 0 Å². The van der Waals surface area contributed by atoms with Crippen molar-refractivity contribution in [2.45, 2.75) is 79.3 Å². The van der Waals surface area contributed by atoms with Crippen molar-refractivity contribution in [3.05, 3.63) is 47.5 Å². The first kappa shape index (κ1) is 28.7. The number of nitrogens with zero attached hydrogens (tertiary/aromatic N) is 6. The average Bonchev–Trinajstić information content (AvgIpc) is 3.34. The Morgan fingerprint density at radius 2 is 1.10 bits per heavy atom. The van der Waals surface area contributed by atoms with E-state index in [1.807, 2.05) is 50.2 Å². The molecule has 2 N–H and O–H groups in total. The van der Waals surface area contributed by atoms with E-state index in [-0.39, 0.29) is 36.0 Å². The van der Waals surface area contributed by atoms with Crippen molar-refractivity contribution in [2.24, 2.45) is 20.5 Å². The van der Waals surface area contributed by atoms with Crippen molar-refractivity contribution in [1.29, 1.82) is 0 Å². The minimum Gasteiger partial charge on any atom is -0.493 e. The third-order valence-corrected chi connectivity index (χ3v) is 6.88. The van der Waals surface area contributed by atoms with Crippen LogP contribution < -0.4 is 0 Å². The topological polar surface area (TPSA) is 134 Å². The minimum atomic E-state index is -0.611. The summed E-state index contributed by atoms with van der Waals surface area (Å²) in [4.78, 5) is 24.9. The van der Waals surface area contributed by atoms with Gasteiger partial charge in [0.25, 0.3) is 11.8 Å². The Hall–Kier alpha value is -4.34. The van der Waals surface area contributed by atoms with Gasteiger partial charge in [0.15, 0.2) is 11.4 Å². The number of aromatic nitrogens is 2. The number of rotatable bonds is 11. The molecule has 0 atom stereocenters. The van der Waals surface area contributed by atoms with Crippen LogP contribution in [0.5, 0.6) is 11.8 Å². The second kappa shape index (κ2) is 12.7. The van der Waals surface area contributed by atoms with Crippen LogP contribution in [0.15, 0.2) is 56.9 Å². The van der Waals surface area contributed by atoms with Crippen LogP contribution in [0.3, 0.4) is 0 Å². The number of unbranched alkanes of at least 4 members (excludes halogenated alkanes) is 2. The number of amides is 2. The Kier molecular flexibility index (Phi) is 9.08. The highest BCUT2D eigenvalue weighted by molar-refractivity contribution is 5.97. The smallest absolute Gasteiger partial charge is 0.265 e. The van der Waals surface area contributed by atoms with Gasteiger partial charge in [-0.1, -0.05) is 49.9 Å². The predicted molar refractivity (Wildman–Crippen MR) is 155 cm³/mol. The molecule has 0 aliphatic rings. The lowest BCUT2D eigenvalue weighted by Crippen LogP contribution is -1.98. The maximum atomic E-state index is 12.4. The maximum absolute atomic E-state index is 12.4. The van der Waals surface area contributed by atoms with Gasteiger partial charge in [-0.15, -0.1) is 20.5 Å². The van der Waals surface area contributed by atoms with Crippen LogP contribution in [0, 0.1) is 13.8 Å². The highest BCUT2D eigenvalue weighted by atomic mass is 16.3. The summed E-state index contributed by atoms with van der Waals surface area (Å²) >= 11 is 0. The molecule has 2 heterocycles. The lowest BCUT2D eigenvalue weighted by molar-refractivity contribution is -0.123. The van der Waals surface area contributed by atoms with Crippen molar-refractivity contribution in [3.8, 4) is 11.8 Å². The molecule has 10 heteroatoms. The van der Waals surface area contributed by atoms with E-state index in [1.54, 1.807) is 9.13 Å². The van der Waals surface area contributed by atoms with E-state index < -0.39 is 11.8 Å². The molecule has 210 valence electrons. The van der Waals surface area contributed by atoms with Gasteiger partial charge in [0.1, 0.15) is 0 Å². The van der Waals surface area contributed by atoms with Gasteiger partial charge in [-0.2, -0.15) is 0 Å². The van der Waals surface area contributed by atoms with Crippen LogP contribution in [0.25, 0.3) is 21.8 Å². The summed E-state index contributed by atoms with van der Waals surface area (Å²) in [5.41, 5.74) is 4.10. The van der Waals surface area contributed by atoms with Gasteiger partial charge in [-0.25, -0.2) is 0 Å². The minimum absolute atomic E-state index is 0.0383. The zero-order valence-electron chi connectivity index (χ0n) is 23.5. The van der Waals surface area contributed by atoms with Gasteiger partial charge in [-0.3, -0.25) is 9.59 Å². The van der Waals surface area contributed by atoms with E-state index in [1.165, 1.54) is 0 Å². The Morgan fingerprint density at radius 1 is 0.700 bits per heavy atom. The standard InChI is InChI=1S/C30H36N6O4/c1-5-7-15-35-23-11-9-19(3)17-21(23)27(29(35)39)33-31-25(37)13-14-26(38)32-34-28-22-18-20(4)10-12-24(22)36(30(28)40)16-8-6-2/h9-12,17-18,39-40H,5-8,13-16H2,1-4H3. The lowest BCUT2D eigenvalue weighted by atomic mass is 10.1. The molecule has 0 bridgehead atoms. The molecule has 2 amide bonds. The number of carbonyl (C=O) groups is 2. The second-order valence-corrected chi connectivity index (χ2v) is 10.1. The molecule has 40 heavy (non-hydrogen) atoms. The number of carbonyl (C=O) groups excluding carboxylic acids is 2. The van der Waals surface area contributed by atoms with E-state index >= 15 is 0 Å². The quantitative estimate of drug-likeness (QED) is 0.185. The number of hydrogen-bond acceptors (Lipinski definition) is 6. The molecule has 0 saturated heterocycles. The molecule has 0 saturated carbocycles. The Labute approximate surface area is 233 Å². The SMILES string of the molecule is CCCCn1c(O)c(N=NC(=O)CCC(=O)N=Nc2c(O)n(CCCC)c3ccc(C)cc23)c2cc(C)ccc21. The lowest BCUT2D eigenvalue weighted by Gasteiger charge is -2.05. The van der Waals surface area contributed by atoms with Crippen molar-refractivity contribution in [2.75, 3.05) is 0 Å². The van der Waals surface area contributed by atoms with Crippen LogP contribution in [0.1, 0.15) is 63.5 Å². The molecular weight excluding hydrogens is 508 g/mol. The van der Waals surface area contributed by atoms with E-state index in [4.69, 9.17) is 0 Å². The van der Waals surface area contributed by atoms with Crippen LogP contribution in [-0.2, 0) is 22.7 Å². The monoisotopic (exact) mass is 544 g/mol. The molecule has 2 aromatic carbocycles. The normalized spacial score (nSPS) is 12.0. The van der Waals surface area contributed by atoms with E-state index in [0.29, 0.717) is 23.9 Å². The zero-order chi connectivity index (χ0) is 28.8. The molecule has 0 radical (unpaired) electrons. The molecule has 0 unspecified atom stereocenters. The molecule has 4 rings (SSSR count). The first-order valence-corrected chi connectivity index (χ1v) is 13.8. The fourth-order valence-electron chi connectivity index (χ4n) is 4.68. The second-order valence-electron chi connectivity index (χ2n) is 10.1. The van der Waals surface area contributed by atoms with E-state index in [2.05, 4.69) is 34.3 Å². The number of fused-ring (bicyclic) bond motifs is 2. The summed E-state index contributed by atoms with van der Waals surface area (Å²) in [6, 6.07) is 11.6. The average molecular weight is 545 g/mol. The van der Waals surface area contributed by atoms with E-state index in [0.717, 1.165) is 47.8 Å². The zero-order valence-corrected chi connectivity index (χ0v) is 23.5. The Balaban J connectivity index is 1.46. The van der Waals surface area contributed by atoms with Crippen LogP contribution in [0.4, 0.5) is 11.4 Å². The molecule has 0 aliphatic heterocycles. The number of hydrogen-bond donors (Lipinski definition) is 2. The predicted octanol–water partition coefficient (Wildman–Crippen LogP) is 7.93. The molecule has 0 fully saturated rings. The van der Waals surface area contributed by atoms with Crippen LogP contribution in [-0.4, -0.2) is 31.2 Å². The number of azo groups is 2. The number of aromatic hydroxyl groups is 2. The van der Waals surface area contributed by atoms with Gasteiger partial charge < -0.3 is 19.3 Å². The highest BCUT2D eigenvalue weighted by Crippen LogP contribution is 2.41. The van der Waals surface area contributed by atoms with Crippen molar-refractivity contribution >= 4 is 45.0 Å². The molecule has 10 nitrogen and oxygen atoms in total. The molecule has 0 spiro atoms. The summed E-state index contributed by atoms with van der Waals surface area (Å²) in [5.74, 6) is -1.30. The van der Waals surface area contributed by atoms with Crippen LogP contribution in [0.2, 0.25) is 0 Å². The number of aryl methyl sites for hydroxylation is 4. The molecule has 0 aliphatic carbocycles. The van der Waals surface area contributed by atoms with Gasteiger partial charge in [0.05, 0.1) is 11.0 Å². The van der Waals surface area contributed by atoms with Crippen molar-refractivity contribution < 1.29 is 19.8 Å². The fraction of sp³-hybridized carbons (Fsp3) is 0.400. The summed E-state index contributed by atoms with van der Waals surface area (Å²) in [6.07, 6.45) is 3.28. The summed E-state index contributed by atoms with van der Waals surface area (Å²) < 4.78 is 3.55. The maximum Gasteiger partial charge on any atom is 0.265 e. The van der Waals surface area contributed by atoms with Crippen molar-refractivity contribution in [1.82, 2.24) is 9.13 Å². The summed E-state index contributed by atoms with van der Waals surface area (Å²) in [5, 5.41) is 38.7. The van der Waals surface area contributed by atoms with Gasteiger partial charge in [-0.05, 0) is 51.0 Å². The molecule has 2 aromatic heterocycles. The third-order valence-electron chi connectivity index (χ3n) is 6.88. The van der Waals surface area contributed by atoms with Crippen molar-refractivity contribution in [3.63, 3.8) is 0 Å². The molecular formula is C30H36N6O4. The third kappa shape index (κ3) is 6.11. The Morgan fingerprint density at radius 3 is 1.48 bits per heavy atom. The summed E-state index contributed by atoms with van der Waals surface area (Å²) in [6.45, 7) is 9.27. The first-order chi connectivity index (χ1) is 19.2. The Bertz CT molecular complexity index is 1490. The molecule has 4 aromatic rings. The van der Waals surface area contributed by atoms with Gasteiger partial charge in [0, 0.05) is 36.7 Å². The highest BCUT2D eigenvalue weighted by Gasteiger charge is 2.19. The van der Waals surface area contributed by atoms with Gasteiger partial charge in [0.2, 0.25) is 11.8 Å². The largest absolute Gasteiger partial charge is 0.493 e. The van der Waals surface area contributed by atoms with E-state index in [9.17, 15) is 19.8 Å². The summed E-state index contributed by atoms with van der Waals surface area (Å²) in [7, 11) is 0. The number of benzene rings is 2. The fourth-order valence-corrected chi connectivity index (χ4v) is 4.68.